The monoisotopic (exact) mass is 284 g/mol. The third kappa shape index (κ3) is 4.77. The van der Waals surface area contributed by atoms with Gasteiger partial charge in [-0.1, -0.05) is 19.9 Å². The van der Waals surface area contributed by atoms with E-state index in [1.165, 1.54) is 19.9 Å². The molecule has 1 aliphatic rings. The Morgan fingerprint density at radius 3 is 2.35 bits per heavy atom. The van der Waals surface area contributed by atoms with Crippen LogP contribution in [0.5, 0.6) is 0 Å². The highest BCUT2D eigenvalue weighted by Crippen LogP contribution is 2.32. The standard InChI is InChI=1S/C14H20O6/c1-9(15)19-13(20-10(2)16)14(3,4)8-12-11(17)6-5-7-18-12/h5-6,12-13H,7-8H2,1-4H3/t12-/m0/s1. The van der Waals surface area contributed by atoms with Crippen LogP contribution in [0.15, 0.2) is 12.2 Å². The summed E-state index contributed by atoms with van der Waals surface area (Å²) in [5, 5.41) is 0. The Labute approximate surface area is 118 Å². The molecule has 1 atom stereocenters. The Morgan fingerprint density at radius 2 is 1.90 bits per heavy atom. The topological polar surface area (TPSA) is 78.9 Å². The van der Waals surface area contributed by atoms with Gasteiger partial charge in [-0.15, -0.1) is 0 Å². The summed E-state index contributed by atoms with van der Waals surface area (Å²) in [5.41, 5.74) is -0.747. The summed E-state index contributed by atoms with van der Waals surface area (Å²) in [4.78, 5) is 33.9. The van der Waals surface area contributed by atoms with Gasteiger partial charge in [0.15, 0.2) is 5.78 Å². The summed E-state index contributed by atoms with van der Waals surface area (Å²) in [6, 6.07) is 0. The van der Waals surface area contributed by atoms with E-state index in [-0.39, 0.29) is 12.2 Å². The molecular weight excluding hydrogens is 264 g/mol. The largest absolute Gasteiger partial charge is 0.425 e. The van der Waals surface area contributed by atoms with Crippen molar-refractivity contribution in [3.05, 3.63) is 12.2 Å². The predicted molar refractivity (Wildman–Crippen MR) is 69.6 cm³/mol. The summed E-state index contributed by atoms with van der Waals surface area (Å²) in [6.45, 7) is 6.32. The number of hydrogen-bond donors (Lipinski definition) is 0. The summed E-state index contributed by atoms with van der Waals surface area (Å²) in [6.07, 6.45) is 1.71. The van der Waals surface area contributed by atoms with Crippen LogP contribution in [-0.2, 0) is 28.6 Å². The van der Waals surface area contributed by atoms with E-state index in [1.54, 1.807) is 19.9 Å². The Bertz CT molecular complexity index is 407. The van der Waals surface area contributed by atoms with Crippen LogP contribution in [0.1, 0.15) is 34.1 Å². The van der Waals surface area contributed by atoms with Crippen molar-refractivity contribution in [1.29, 1.82) is 0 Å². The molecule has 0 spiro atoms. The first-order valence-corrected chi connectivity index (χ1v) is 6.39. The van der Waals surface area contributed by atoms with Crippen molar-refractivity contribution in [3.8, 4) is 0 Å². The van der Waals surface area contributed by atoms with Crippen LogP contribution in [-0.4, -0.2) is 36.7 Å². The summed E-state index contributed by atoms with van der Waals surface area (Å²) < 4.78 is 15.4. The molecule has 0 amide bonds. The fourth-order valence-corrected chi connectivity index (χ4v) is 1.90. The van der Waals surface area contributed by atoms with Gasteiger partial charge in [-0.3, -0.25) is 14.4 Å². The van der Waals surface area contributed by atoms with Gasteiger partial charge in [-0.25, -0.2) is 0 Å². The first-order valence-electron chi connectivity index (χ1n) is 6.39. The van der Waals surface area contributed by atoms with Crippen molar-refractivity contribution in [2.75, 3.05) is 6.61 Å². The SMILES string of the molecule is CC(=O)OC(OC(C)=O)C(C)(C)C[C@@H]1OCC=CC1=O. The molecule has 1 rings (SSSR count). The first-order chi connectivity index (χ1) is 9.22. The second kappa shape index (κ2) is 6.65. The van der Waals surface area contributed by atoms with Crippen LogP contribution >= 0.6 is 0 Å². The van der Waals surface area contributed by atoms with Crippen LogP contribution in [0.25, 0.3) is 0 Å². The highest BCUT2D eigenvalue weighted by atomic mass is 16.7. The average molecular weight is 284 g/mol. The van der Waals surface area contributed by atoms with E-state index in [2.05, 4.69) is 0 Å². The lowest BCUT2D eigenvalue weighted by Gasteiger charge is -2.34. The molecule has 0 bridgehead atoms. The van der Waals surface area contributed by atoms with Crippen LogP contribution in [0.4, 0.5) is 0 Å². The van der Waals surface area contributed by atoms with E-state index in [4.69, 9.17) is 14.2 Å². The molecule has 0 N–H and O–H groups in total. The van der Waals surface area contributed by atoms with Crippen molar-refractivity contribution in [2.45, 2.75) is 46.5 Å². The maximum absolute atomic E-state index is 11.7. The Kier molecular flexibility index (Phi) is 5.44. The molecular formula is C14H20O6. The zero-order valence-electron chi connectivity index (χ0n) is 12.2. The number of hydrogen-bond acceptors (Lipinski definition) is 6. The molecule has 6 heteroatoms. The van der Waals surface area contributed by atoms with E-state index in [9.17, 15) is 14.4 Å². The molecule has 0 aromatic rings. The third-order valence-corrected chi connectivity index (χ3v) is 2.89. The Morgan fingerprint density at radius 1 is 1.35 bits per heavy atom. The second-order valence-electron chi connectivity index (χ2n) is 5.37. The summed E-state index contributed by atoms with van der Waals surface area (Å²) >= 11 is 0. The molecule has 0 saturated heterocycles. The molecule has 0 saturated carbocycles. The van der Waals surface area contributed by atoms with Crippen molar-refractivity contribution in [3.63, 3.8) is 0 Å². The predicted octanol–water partition coefficient (Wildman–Crippen LogP) is 1.38. The number of carbonyl (C=O) groups excluding carboxylic acids is 3. The molecule has 0 aliphatic carbocycles. The van der Waals surface area contributed by atoms with Gasteiger partial charge in [-0.05, 0) is 12.5 Å². The minimum absolute atomic E-state index is 0.145. The van der Waals surface area contributed by atoms with Crippen LogP contribution in [0.3, 0.4) is 0 Å². The zero-order valence-corrected chi connectivity index (χ0v) is 12.2. The van der Waals surface area contributed by atoms with E-state index < -0.39 is 29.7 Å². The van der Waals surface area contributed by atoms with Gasteiger partial charge < -0.3 is 14.2 Å². The molecule has 0 radical (unpaired) electrons. The van der Waals surface area contributed by atoms with Crippen molar-refractivity contribution >= 4 is 17.7 Å². The average Bonchev–Trinajstić information content (AvgIpc) is 2.30. The van der Waals surface area contributed by atoms with E-state index in [0.717, 1.165) is 0 Å². The minimum atomic E-state index is -1.06. The fourth-order valence-electron chi connectivity index (χ4n) is 1.90. The second-order valence-corrected chi connectivity index (χ2v) is 5.37. The lowest BCUT2D eigenvalue weighted by molar-refractivity contribution is -0.210. The molecule has 0 aromatic heterocycles. The van der Waals surface area contributed by atoms with Crippen molar-refractivity contribution in [1.82, 2.24) is 0 Å². The van der Waals surface area contributed by atoms with Crippen molar-refractivity contribution < 1.29 is 28.6 Å². The third-order valence-electron chi connectivity index (χ3n) is 2.89. The van der Waals surface area contributed by atoms with Gasteiger partial charge in [-0.2, -0.15) is 0 Å². The first kappa shape index (κ1) is 16.4. The molecule has 0 fully saturated rings. The molecule has 6 nitrogen and oxygen atoms in total. The maximum Gasteiger partial charge on any atom is 0.305 e. The zero-order chi connectivity index (χ0) is 15.3. The summed E-state index contributed by atoms with van der Waals surface area (Å²) in [5.74, 6) is -1.26. The summed E-state index contributed by atoms with van der Waals surface area (Å²) in [7, 11) is 0. The van der Waals surface area contributed by atoms with Crippen LogP contribution < -0.4 is 0 Å². The van der Waals surface area contributed by atoms with Gasteiger partial charge in [0.1, 0.15) is 6.10 Å². The lowest BCUT2D eigenvalue weighted by atomic mass is 9.84. The number of esters is 2. The fraction of sp³-hybridized carbons (Fsp3) is 0.643. The minimum Gasteiger partial charge on any atom is -0.425 e. The van der Waals surface area contributed by atoms with E-state index in [1.807, 2.05) is 0 Å². The van der Waals surface area contributed by atoms with Crippen LogP contribution in [0, 0.1) is 5.41 Å². The van der Waals surface area contributed by atoms with Gasteiger partial charge in [0.05, 0.1) is 6.61 Å². The van der Waals surface area contributed by atoms with Gasteiger partial charge in [0, 0.05) is 19.3 Å². The normalized spacial score (nSPS) is 19.1. The van der Waals surface area contributed by atoms with Gasteiger partial charge >= 0.3 is 11.9 Å². The molecule has 0 aromatic carbocycles. The number of rotatable bonds is 5. The van der Waals surface area contributed by atoms with Crippen LogP contribution in [0.2, 0.25) is 0 Å². The molecule has 0 unspecified atom stereocenters. The highest BCUT2D eigenvalue weighted by molar-refractivity contribution is 5.94. The quantitative estimate of drug-likeness (QED) is 0.560. The Balaban J connectivity index is 2.80. The van der Waals surface area contributed by atoms with Gasteiger partial charge in [0.2, 0.25) is 0 Å². The lowest BCUT2D eigenvalue weighted by Crippen LogP contribution is -2.42. The van der Waals surface area contributed by atoms with E-state index in [0.29, 0.717) is 6.61 Å². The van der Waals surface area contributed by atoms with Crippen molar-refractivity contribution in [2.24, 2.45) is 5.41 Å². The number of ketones is 1. The maximum atomic E-state index is 11.7. The smallest absolute Gasteiger partial charge is 0.305 e. The van der Waals surface area contributed by atoms with E-state index >= 15 is 0 Å². The molecule has 112 valence electrons. The van der Waals surface area contributed by atoms with Gasteiger partial charge in [0.25, 0.3) is 6.29 Å². The molecule has 20 heavy (non-hydrogen) atoms. The number of carbonyl (C=O) groups is 3. The molecule has 1 aliphatic heterocycles. The highest BCUT2D eigenvalue weighted by Gasteiger charge is 2.39. The molecule has 1 heterocycles. The number of ether oxygens (including phenoxy) is 3. The Hall–Kier alpha value is -1.69.